The third kappa shape index (κ3) is 8.91. The molecule has 1 atom stereocenters. The normalized spacial score (nSPS) is 12.1. The second-order valence-electron chi connectivity index (χ2n) is 5.34. The molecule has 0 N–H and O–H groups in total. The van der Waals surface area contributed by atoms with Crippen LogP contribution in [0.3, 0.4) is 0 Å². The molecule has 0 saturated heterocycles. The monoisotopic (exact) mass is 490 g/mol. The van der Waals surface area contributed by atoms with Gasteiger partial charge in [0.25, 0.3) is 0 Å². The van der Waals surface area contributed by atoms with Gasteiger partial charge in [0, 0.05) is 16.1 Å². The molecule has 27 heavy (non-hydrogen) atoms. The van der Waals surface area contributed by atoms with Crippen LogP contribution >= 0.6 is 22.6 Å². The van der Waals surface area contributed by atoms with Gasteiger partial charge in [0.1, 0.15) is 11.9 Å². The van der Waals surface area contributed by atoms with Gasteiger partial charge in [0.15, 0.2) is 5.76 Å². The molecule has 1 rings (SSSR count). The molecule has 0 bridgehead atoms. The summed E-state index contributed by atoms with van der Waals surface area (Å²) in [6.07, 6.45) is 1.16. The average molecular weight is 490 g/mol. The Labute approximate surface area is 172 Å². The Balaban J connectivity index is 2.68. The lowest BCUT2D eigenvalue weighted by Crippen LogP contribution is -2.22. The molecule has 0 saturated carbocycles. The van der Waals surface area contributed by atoms with Crippen molar-refractivity contribution in [3.8, 4) is 5.75 Å². The van der Waals surface area contributed by atoms with Gasteiger partial charge in [0.05, 0.1) is 34.5 Å². The van der Waals surface area contributed by atoms with Gasteiger partial charge in [-0.2, -0.15) is 0 Å². The lowest BCUT2D eigenvalue weighted by Gasteiger charge is -2.19. The highest BCUT2D eigenvalue weighted by Crippen LogP contribution is 2.19. The zero-order chi connectivity index (χ0) is 20.2. The first kappa shape index (κ1) is 23.0. The SMILES string of the molecule is C=C(O[C@@H](COCc1ccc(OC)cc1)C/C(I)=C\C(=O)OC)C(=O)OC. The predicted octanol–water partition coefficient (Wildman–Crippen LogP) is 3.17. The molecule has 148 valence electrons. The van der Waals surface area contributed by atoms with Crippen LogP contribution in [0.2, 0.25) is 0 Å². The van der Waals surface area contributed by atoms with Crippen molar-refractivity contribution in [1.82, 2.24) is 0 Å². The van der Waals surface area contributed by atoms with Crippen molar-refractivity contribution in [3.63, 3.8) is 0 Å². The Morgan fingerprint density at radius 3 is 2.37 bits per heavy atom. The number of methoxy groups -OCH3 is 3. The smallest absolute Gasteiger partial charge is 0.372 e. The number of hydrogen-bond acceptors (Lipinski definition) is 7. The molecular formula is C19H23IO7. The summed E-state index contributed by atoms with van der Waals surface area (Å²) in [5.41, 5.74) is 0.959. The topological polar surface area (TPSA) is 80.3 Å². The van der Waals surface area contributed by atoms with Gasteiger partial charge < -0.3 is 23.7 Å². The fourth-order valence-corrected chi connectivity index (χ4v) is 2.74. The van der Waals surface area contributed by atoms with Gasteiger partial charge in [-0.05, 0) is 46.9 Å². The van der Waals surface area contributed by atoms with Crippen LogP contribution in [0.15, 0.2) is 46.3 Å². The molecule has 0 radical (unpaired) electrons. The summed E-state index contributed by atoms with van der Waals surface area (Å²) >= 11 is 2.00. The molecule has 0 aromatic heterocycles. The zero-order valence-electron chi connectivity index (χ0n) is 15.5. The van der Waals surface area contributed by atoms with Crippen LogP contribution < -0.4 is 4.74 Å². The van der Waals surface area contributed by atoms with E-state index in [9.17, 15) is 9.59 Å². The fraction of sp³-hybridized carbons (Fsp3) is 0.368. The minimum Gasteiger partial charge on any atom is -0.497 e. The van der Waals surface area contributed by atoms with E-state index in [-0.39, 0.29) is 12.4 Å². The Kier molecular flexibility index (Phi) is 10.5. The van der Waals surface area contributed by atoms with Crippen LogP contribution in [0.1, 0.15) is 12.0 Å². The standard InChI is InChI=1S/C19H23IO7/c1-13(19(22)25-4)27-17(9-15(20)10-18(21)24-3)12-26-11-14-5-7-16(23-2)8-6-14/h5-8,10,17H,1,9,11-12H2,2-4H3/b15-10+/t17-/m1/s1. The lowest BCUT2D eigenvalue weighted by atomic mass is 10.2. The summed E-state index contributed by atoms with van der Waals surface area (Å²) in [5, 5.41) is 0. The number of esters is 2. The van der Waals surface area contributed by atoms with Crippen molar-refractivity contribution in [2.75, 3.05) is 27.9 Å². The van der Waals surface area contributed by atoms with E-state index in [4.69, 9.17) is 14.2 Å². The Bertz CT molecular complexity index is 667. The summed E-state index contributed by atoms with van der Waals surface area (Å²) in [7, 11) is 4.14. The maximum absolute atomic E-state index is 11.5. The number of hydrogen-bond donors (Lipinski definition) is 0. The highest BCUT2D eigenvalue weighted by Gasteiger charge is 2.18. The Morgan fingerprint density at radius 2 is 1.81 bits per heavy atom. The summed E-state index contributed by atoms with van der Waals surface area (Å²) in [6.45, 7) is 4.09. The van der Waals surface area contributed by atoms with E-state index in [2.05, 4.69) is 16.1 Å². The van der Waals surface area contributed by atoms with Crippen molar-refractivity contribution < 1.29 is 33.3 Å². The molecule has 0 spiro atoms. The minimum absolute atomic E-state index is 0.127. The molecule has 1 aromatic carbocycles. The first-order chi connectivity index (χ1) is 12.9. The molecule has 0 unspecified atom stereocenters. The summed E-state index contributed by atoms with van der Waals surface area (Å²) in [6, 6.07) is 7.47. The van der Waals surface area contributed by atoms with Crippen molar-refractivity contribution in [1.29, 1.82) is 0 Å². The third-order valence-electron chi connectivity index (χ3n) is 3.35. The van der Waals surface area contributed by atoms with E-state index in [1.165, 1.54) is 20.3 Å². The highest BCUT2D eigenvalue weighted by atomic mass is 127. The lowest BCUT2D eigenvalue weighted by molar-refractivity contribution is -0.142. The van der Waals surface area contributed by atoms with E-state index in [1.807, 2.05) is 46.9 Å². The van der Waals surface area contributed by atoms with Gasteiger partial charge in [-0.1, -0.05) is 12.1 Å². The molecular weight excluding hydrogens is 467 g/mol. The molecule has 0 aliphatic heterocycles. The van der Waals surface area contributed by atoms with Crippen LogP contribution in [0, 0.1) is 0 Å². The molecule has 7 nitrogen and oxygen atoms in total. The van der Waals surface area contributed by atoms with E-state index in [0.29, 0.717) is 16.6 Å². The maximum Gasteiger partial charge on any atom is 0.372 e. The van der Waals surface area contributed by atoms with Gasteiger partial charge in [-0.25, -0.2) is 9.59 Å². The van der Waals surface area contributed by atoms with Crippen LogP contribution in [0.5, 0.6) is 5.75 Å². The first-order valence-corrected chi connectivity index (χ1v) is 9.06. The number of ether oxygens (including phenoxy) is 5. The van der Waals surface area contributed by atoms with Crippen LogP contribution in [-0.2, 0) is 35.1 Å². The average Bonchev–Trinajstić information content (AvgIpc) is 2.67. The quantitative estimate of drug-likeness (QED) is 0.204. The number of benzene rings is 1. The third-order valence-corrected chi connectivity index (χ3v) is 4.10. The highest BCUT2D eigenvalue weighted by molar-refractivity contribution is 14.1. The molecule has 8 heteroatoms. The summed E-state index contributed by atoms with van der Waals surface area (Å²) in [5.74, 6) is -0.499. The van der Waals surface area contributed by atoms with Gasteiger partial charge in [-0.3, -0.25) is 0 Å². The Morgan fingerprint density at radius 1 is 1.15 bits per heavy atom. The van der Waals surface area contributed by atoms with Gasteiger partial charge in [0.2, 0.25) is 0 Å². The number of carbonyl (C=O) groups is 2. The van der Waals surface area contributed by atoms with Crippen molar-refractivity contribution in [2.45, 2.75) is 19.1 Å². The van der Waals surface area contributed by atoms with E-state index in [0.717, 1.165) is 11.3 Å². The fourth-order valence-electron chi connectivity index (χ4n) is 1.99. The van der Waals surface area contributed by atoms with Crippen molar-refractivity contribution in [2.24, 2.45) is 0 Å². The molecule has 0 amide bonds. The second kappa shape index (κ2) is 12.3. The molecule has 0 heterocycles. The summed E-state index contributed by atoms with van der Waals surface area (Å²) < 4.78 is 26.2. The molecule has 0 fully saturated rings. The van der Waals surface area contributed by atoms with Crippen LogP contribution in [0.25, 0.3) is 0 Å². The van der Waals surface area contributed by atoms with E-state index < -0.39 is 18.0 Å². The molecule has 0 aliphatic carbocycles. The predicted molar refractivity (Wildman–Crippen MR) is 107 cm³/mol. The van der Waals surface area contributed by atoms with Gasteiger partial charge in [-0.15, -0.1) is 0 Å². The molecule has 1 aromatic rings. The minimum atomic E-state index is -0.665. The largest absolute Gasteiger partial charge is 0.497 e. The van der Waals surface area contributed by atoms with E-state index in [1.54, 1.807) is 7.11 Å². The van der Waals surface area contributed by atoms with E-state index >= 15 is 0 Å². The number of halogens is 1. The second-order valence-corrected chi connectivity index (χ2v) is 6.72. The number of carbonyl (C=O) groups excluding carboxylic acids is 2. The summed E-state index contributed by atoms with van der Waals surface area (Å²) in [4.78, 5) is 22.9. The van der Waals surface area contributed by atoms with Gasteiger partial charge >= 0.3 is 11.9 Å². The zero-order valence-corrected chi connectivity index (χ0v) is 17.7. The molecule has 0 aliphatic rings. The maximum atomic E-state index is 11.5. The first-order valence-electron chi connectivity index (χ1n) is 7.98. The van der Waals surface area contributed by atoms with Crippen LogP contribution in [-0.4, -0.2) is 46.0 Å². The Hall–Kier alpha value is -2.07. The van der Waals surface area contributed by atoms with Crippen molar-refractivity contribution >= 4 is 34.5 Å². The number of rotatable bonds is 11. The van der Waals surface area contributed by atoms with Crippen LogP contribution in [0.4, 0.5) is 0 Å². The van der Waals surface area contributed by atoms with Crippen molar-refractivity contribution in [3.05, 3.63) is 51.8 Å².